The summed E-state index contributed by atoms with van der Waals surface area (Å²) in [5.74, 6) is 0.291. The summed E-state index contributed by atoms with van der Waals surface area (Å²) >= 11 is 0. The average molecular weight is 377 g/mol. The number of rotatable bonds is 6. The van der Waals surface area contributed by atoms with E-state index in [2.05, 4.69) is 30.9 Å². The fourth-order valence-electron chi connectivity index (χ4n) is 3.29. The van der Waals surface area contributed by atoms with Crippen molar-refractivity contribution in [2.75, 3.05) is 18.0 Å². The highest BCUT2D eigenvalue weighted by Crippen LogP contribution is 2.38. The van der Waals surface area contributed by atoms with Gasteiger partial charge in [0.05, 0.1) is 11.1 Å². The normalized spacial score (nSPS) is 14.6. The first-order valence-electron chi connectivity index (χ1n) is 9.66. The molecule has 2 aromatic carbocycles. The second-order valence-corrected chi connectivity index (χ2v) is 7.37. The molecule has 0 fully saturated rings. The molecule has 1 heterocycles. The summed E-state index contributed by atoms with van der Waals surface area (Å²) in [5.41, 5.74) is 2.48. The largest absolute Gasteiger partial charge is 0.506 e. The number of allylic oxidation sites excluding steroid dienone is 1. The van der Waals surface area contributed by atoms with Crippen LogP contribution in [-0.4, -0.2) is 29.6 Å². The van der Waals surface area contributed by atoms with Crippen molar-refractivity contribution in [1.82, 2.24) is 0 Å². The number of carbonyl (C=O) groups excluding carboxylic acids is 1. The van der Waals surface area contributed by atoms with E-state index in [1.807, 2.05) is 32.1 Å². The highest BCUT2D eigenvalue weighted by atomic mass is 16.5. The van der Waals surface area contributed by atoms with Crippen LogP contribution < -0.4 is 9.64 Å². The van der Waals surface area contributed by atoms with E-state index in [0.29, 0.717) is 11.3 Å². The van der Waals surface area contributed by atoms with Gasteiger partial charge in [-0.15, -0.1) is 0 Å². The molecule has 0 amide bonds. The monoisotopic (exact) mass is 377 g/mol. The summed E-state index contributed by atoms with van der Waals surface area (Å²) in [6.45, 7) is 10.0. The van der Waals surface area contributed by atoms with Crippen molar-refractivity contribution in [2.24, 2.45) is 0 Å². The minimum absolute atomic E-state index is 0.0456. The Labute approximate surface area is 166 Å². The molecule has 0 atom stereocenters. The van der Waals surface area contributed by atoms with Gasteiger partial charge >= 0.3 is 0 Å². The summed E-state index contributed by atoms with van der Waals surface area (Å²) in [7, 11) is 0. The Balaban J connectivity index is 1.78. The Morgan fingerprint density at radius 1 is 1.11 bits per heavy atom. The van der Waals surface area contributed by atoms with E-state index in [4.69, 9.17) is 4.74 Å². The van der Waals surface area contributed by atoms with E-state index >= 15 is 0 Å². The van der Waals surface area contributed by atoms with Gasteiger partial charge in [-0.25, -0.2) is 0 Å². The lowest BCUT2D eigenvalue weighted by molar-refractivity contribution is 0.104. The third-order valence-electron chi connectivity index (χ3n) is 4.92. The van der Waals surface area contributed by atoms with Crippen molar-refractivity contribution in [2.45, 2.75) is 33.3 Å². The summed E-state index contributed by atoms with van der Waals surface area (Å²) in [5, 5.41) is 10.5. The Morgan fingerprint density at radius 2 is 1.79 bits per heavy atom. The Bertz CT molecular complexity index is 920. The van der Waals surface area contributed by atoms with Crippen LogP contribution in [-0.2, 0) is 0 Å². The molecule has 0 aliphatic carbocycles. The molecule has 28 heavy (non-hydrogen) atoms. The number of ketones is 1. The molecule has 0 unspecified atom stereocenters. The number of phenolic OH excluding ortho intramolecular Hbond substituents is 1. The number of benzene rings is 2. The number of fused-ring (bicyclic) bond motifs is 1. The van der Waals surface area contributed by atoms with Crippen molar-refractivity contribution in [3.05, 3.63) is 65.2 Å². The van der Waals surface area contributed by atoms with Crippen molar-refractivity contribution < 1.29 is 14.6 Å². The highest BCUT2D eigenvalue weighted by molar-refractivity contribution is 6.09. The molecule has 146 valence electrons. The first-order chi connectivity index (χ1) is 13.3. The van der Waals surface area contributed by atoms with Gasteiger partial charge in [0.15, 0.2) is 5.78 Å². The van der Waals surface area contributed by atoms with Crippen LogP contribution in [0, 0.1) is 0 Å². The van der Waals surface area contributed by atoms with Crippen LogP contribution in [0.2, 0.25) is 0 Å². The quantitative estimate of drug-likeness (QED) is 0.547. The number of nitrogens with zero attached hydrogens (tertiary/aromatic N) is 1. The first kappa shape index (κ1) is 19.7. The number of hydrogen-bond donors (Lipinski definition) is 1. The van der Waals surface area contributed by atoms with Crippen LogP contribution in [0.15, 0.2) is 48.6 Å². The van der Waals surface area contributed by atoms with Crippen molar-refractivity contribution in [3.63, 3.8) is 0 Å². The Hall–Kier alpha value is -3.01. The van der Waals surface area contributed by atoms with Crippen molar-refractivity contribution in [1.29, 1.82) is 0 Å². The van der Waals surface area contributed by atoms with Crippen molar-refractivity contribution >= 4 is 23.6 Å². The zero-order valence-electron chi connectivity index (χ0n) is 16.9. The number of carbonyl (C=O) groups is 1. The third-order valence-corrected chi connectivity index (χ3v) is 4.92. The average Bonchev–Trinajstić information content (AvgIpc) is 2.67. The van der Waals surface area contributed by atoms with E-state index in [-0.39, 0.29) is 17.1 Å². The van der Waals surface area contributed by atoms with Crippen LogP contribution in [0.1, 0.15) is 49.2 Å². The topological polar surface area (TPSA) is 49.8 Å². The van der Waals surface area contributed by atoms with Gasteiger partial charge in [-0.05, 0) is 75.8 Å². The Morgan fingerprint density at radius 3 is 2.43 bits per heavy atom. The molecule has 0 aromatic heterocycles. The van der Waals surface area contributed by atoms with E-state index in [1.165, 1.54) is 6.08 Å². The first-order valence-corrected chi connectivity index (χ1v) is 9.66. The van der Waals surface area contributed by atoms with Crippen LogP contribution in [0.5, 0.6) is 11.5 Å². The van der Waals surface area contributed by atoms with Gasteiger partial charge < -0.3 is 14.7 Å². The zero-order chi connectivity index (χ0) is 20.3. The van der Waals surface area contributed by atoms with E-state index in [1.54, 1.807) is 24.3 Å². The molecule has 0 saturated heterocycles. The SMILES string of the molecule is CCN(CC)c1ccc(/C=C/C(=O)c2ccc3c(c2O)C=CC(C)(C)O3)cc1. The van der Waals surface area contributed by atoms with Gasteiger partial charge in [-0.1, -0.05) is 18.2 Å². The molecule has 0 bridgehead atoms. The van der Waals surface area contributed by atoms with E-state index in [9.17, 15) is 9.90 Å². The van der Waals surface area contributed by atoms with Gasteiger partial charge in [-0.2, -0.15) is 0 Å². The lowest BCUT2D eigenvalue weighted by Crippen LogP contribution is -2.27. The number of phenols is 1. The summed E-state index contributed by atoms with van der Waals surface area (Å²) < 4.78 is 5.83. The molecule has 0 radical (unpaired) electrons. The van der Waals surface area contributed by atoms with Gasteiger partial charge in [-0.3, -0.25) is 4.79 Å². The highest BCUT2D eigenvalue weighted by Gasteiger charge is 2.25. The summed E-state index contributed by atoms with van der Waals surface area (Å²) in [6.07, 6.45) is 6.94. The summed E-state index contributed by atoms with van der Waals surface area (Å²) in [4.78, 5) is 14.9. The standard InChI is InChI=1S/C24H27NO3/c1-5-25(6-2)18-10-7-17(8-11-18)9-13-21(26)19-12-14-22-20(23(19)27)15-16-24(3,4)28-22/h7-16,27H,5-6H2,1-4H3/b13-9+. The Kier molecular flexibility index (Phi) is 5.59. The number of hydrogen-bond acceptors (Lipinski definition) is 4. The molecule has 1 N–H and O–H groups in total. The van der Waals surface area contributed by atoms with Crippen LogP contribution in [0.3, 0.4) is 0 Å². The molecule has 1 aliphatic rings. The van der Waals surface area contributed by atoms with Gasteiger partial charge in [0.25, 0.3) is 0 Å². The number of ether oxygens (including phenoxy) is 1. The molecule has 2 aromatic rings. The maximum absolute atomic E-state index is 12.6. The molecular formula is C24H27NO3. The fraction of sp³-hybridized carbons (Fsp3) is 0.292. The number of aromatic hydroxyl groups is 1. The lowest BCUT2D eigenvalue weighted by atomic mass is 9.98. The van der Waals surface area contributed by atoms with E-state index < -0.39 is 5.60 Å². The van der Waals surface area contributed by atoms with Gasteiger partial charge in [0.1, 0.15) is 17.1 Å². The number of anilines is 1. The molecule has 3 rings (SSSR count). The van der Waals surface area contributed by atoms with E-state index in [0.717, 1.165) is 24.3 Å². The maximum atomic E-state index is 12.6. The molecule has 0 saturated carbocycles. The van der Waals surface area contributed by atoms with Gasteiger partial charge in [0.2, 0.25) is 0 Å². The second kappa shape index (κ2) is 7.93. The third kappa shape index (κ3) is 4.11. The van der Waals surface area contributed by atoms with Crippen LogP contribution in [0.4, 0.5) is 5.69 Å². The minimum Gasteiger partial charge on any atom is -0.506 e. The maximum Gasteiger partial charge on any atom is 0.189 e. The smallest absolute Gasteiger partial charge is 0.189 e. The minimum atomic E-state index is -0.428. The van der Waals surface area contributed by atoms with Crippen molar-refractivity contribution in [3.8, 4) is 11.5 Å². The lowest BCUT2D eigenvalue weighted by Gasteiger charge is -2.28. The zero-order valence-corrected chi connectivity index (χ0v) is 16.9. The van der Waals surface area contributed by atoms with Crippen LogP contribution >= 0.6 is 0 Å². The second-order valence-electron chi connectivity index (χ2n) is 7.37. The molecule has 4 heteroatoms. The molecule has 1 aliphatic heterocycles. The molecule has 0 spiro atoms. The predicted octanol–water partition coefficient (Wildman–Crippen LogP) is 5.32. The predicted molar refractivity (Wildman–Crippen MR) is 115 cm³/mol. The van der Waals surface area contributed by atoms with Gasteiger partial charge in [0, 0.05) is 18.8 Å². The molecular weight excluding hydrogens is 350 g/mol. The fourth-order valence-corrected chi connectivity index (χ4v) is 3.29. The van der Waals surface area contributed by atoms with Crippen LogP contribution in [0.25, 0.3) is 12.2 Å². The molecule has 4 nitrogen and oxygen atoms in total. The summed E-state index contributed by atoms with van der Waals surface area (Å²) in [6, 6.07) is 11.4.